The van der Waals surface area contributed by atoms with Gasteiger partial charge in [-0.05, 0) is 56.4 Å². The van der Waals surface area contributed by atoms with E-state index in [4.69, 9.17) is 0 Å². The highest BCUT2D eigenvalue weighted by Gasteiger charge is 2.26. The first kappa shape index (κ1) is 12.3. The van der Waals surface area contributed by atoms with Crippen molar-refractivity contribution in [3.63, 3.8) is 0 Å². The summed E-state index contributed by atoms with van der Waals surface area (Å²) < 4.78 is 13.0. The van der Waals surface area contributed by atoms with Gasteiger partial charge in [-0.3, -0.25) is 0 Å². The number of rotatable bonds is 2. The Morgan fingerprint density at radius 1 is 1.00 bits per heavy atom. The van der Waals surface area contributed by atoms with Crippen molar-refractivity contribution in [1.29, 1.82) is 0 Å². The van der Waals surface area contributed by atoms with Crippen LogP contribution in [0.2, 0.25) is 0 Å². The summed E-state index contributed by atoms with van der Waals surface area (Å²) in [5.41, 5.74) is 0. The molecule has 0 aromatic heterocycles. The van der Waals surface area contributed by atoms with Gasteiger partial charge in [0.1, 0.15) is 6.17 Å². The van der Waals surface area contributed by atoms with Crippen LogP contribution in [0.25, 0.3) is 0 Å². The molecule has 2 aliphatic rings. The van der Waals surface area contributed by atoms with Gasteiger partial charge >= 0.3 is 0 Å². The maximum Gasteiger partial charge on any atom is 0.100 e. The van der Waals surface area contributed by atoms with Crippen LogP contribution in [0.3, 0.4) is 0 Å². The zero-order chi connectivity index (χ0) is 11.5. The van der Waals surface area contributed by atoms with Gasteiger partial charge in [0.15, 0.2) is 0 Å². The Labute approximate surface area is 99.4 Å². The predicted molar refractivity (Wildman–Crippen MR) is 66.2 cm³/mol. The lowest BCUT2D eigenvalue weighted by Crippen LogP contribution is -2.41. The Morgan fingerprint density at radius 3 is 2.31 bits per heavy atom. The molecule has 2 fully saturated rings. The molecule has 0 radical (unpaired) electrons. The minimum Gasteiger partial charge on any atom is -0.303 e. The van der Waals surface area contributed by atoms with Crippen LogP contribution >= 0.6 is 0 Å². The number of piperidine rings is 1. The van der Waals surface area contributed by atoms with Crippen LogP contribution in [-0.4, -0.2) is 30.7 Å². The van der Waals surface area contributed by atoms with Gasteiger partial charge in [0, 0.05) is 13.1 Å². The second kappa shape index (κ2) is 5.48. The molecule has 1 saturated heterocycles. The molecule has 1 saturated carbocycles. The zero-order valence-corrected chi connectivity index (χ0v) is 10.8. The highest BCUT2D eigenvalue weighted by atomic mass is 19.1. The Balaban J connectivity index is 1.73. The van der Waals surface area contributed by atoms with Crippen molar-refractivity contribution < 1.29 is 4.39 Å². The second-order valence-corrected chi connectivity index (χ2v) is 6.12. The zero-order valence-electron chi connectivity index (χ0n) is 10.8. The van der Waals surface area contributed by atoms with Gasteiger partial charge in [-0.25, -0.2) is 4.39 Å². The Bertz CT molecular complexity index is 211. The molecule has 0 aromatic rings. The van der Waals surface area contributed by atoms with E-state index in [1.165, 1.54) is 26.1 Å². The third-order valence-corrected chi connectivity index (χ3v) is 4.71. The summed E-state index contributed by atoms with van der Waals surface area (Å²) in [7, 11) is 0. The average Bonchev–Trinajstić information content (AvgIpc) is 2.27. The average molecular weight is 227 g/mol. The number of nitrogens with zero attached hydrogens (tertiary/aromatic N) is 1. The molecule has 2 unspecified atom stereocenters. The van der Waals surface area contributed by atoms with Gasteiger partial charge in [0.05, 0.1) is 0 Å². The molecule has 1 heterocycles. The summed E-state index contributed by atoms with van der Waals surface area (Å²) in [6.07, 6.45) is 4.69. The van der Waals surface area contributed by atoms with E-state index >= 15 is 0 Å². The van der Waals surface area contributed by atoms with Crippen molar-refractivity contribution in [3.8, 4) is 0 Å². The predicted octanol–water partition coefficient (Wildman–Crippen LogP) is 3.49. The van der Waals surface area contributed by atoms with Crippen LogP contribution in [0.4, 0.5) is 4.39 Å². The van der Waals surface area contributed by atoms with E-state index < -0.39 is 6.17 Å². The molecular weight excluding hydrogens is 201 g/mol. The van der Waals surface area contributed by atoms with Gasteiger partial charge in [0.2, 0.25) is 0 Å². The first-order valence-corrected chi connectivity index (χ1v) is 7.01. The van der Waals surface area contributed by atoms with Crippen LogP contribution in [0.5, 0.6) is 0 Å². The van der Waals surface area contributed by atoms with Crippen molar-refractivity contribution in [2.45, 2.75) is 52.1 Å². The van der Waals surface area contributed by atoms with Gasteiger partial charge in [0.25, 0.3) is 0 Å². The largest absolute Gasteiger partial charge is 0.303 e. The number of likely N-dealkylation sites (tertiary alicyclic amines) is 1. The Kier molecular flexibility index (Phi) is 4.23. The topological polar surface area (TPSA) is 3.24 Å². The van der Waals surface area contributed by atoms with Crippen LogP contribution in [0.15, 0.2) is 0 Å². The maximum atomic E-state index is 13.0. The van der Waals surface area contributed by atoms with Crippen LogP contribution < -0.4 is 0 Å². The first-order valence-electron chi connectivity index (χ1n) is 7.01. The molecule has 2 heteroatoms. The summed E-state index contributed by atoms with van der Waals surface area (Å²) >= 11 is 0. The normalized spacial score (nSPS) is 42.2. The van der Waals surface area contributed by atoms with Crippen LogP contribution in [0, 0.1) is 17.8 Å². The molecule has 0 spiro atoms. The van der Waals surface area contributed by atoms with E-state index in [2.05, 4.69) is 18.7 Å². The fourth-order valence-corrected chi connectivity index (χ4v) is 3.18. The molecule has 1 aliphatic carbocycles. The molecule has 1 aliphatic heterocycles. The molecular formula is C14H26FN. The standard InChI is InChI=1S/C14H26FN/c1-11-7-8-16(9-12(11)2)10-13-3-5-14(15)6-4-13/h11-14H,3-10H2,1-2H3. The van der Waals surface area contributed by atoms with E-state index in [0.717, 1.165) is 43.4 Å². The molecule has 0 bridgehead atoms. The SMILES string of the molecule is CC1CCN(CC2CCC(F)CC2)CC1C. The van der Waals surface area contributed by atoms with Crippen molar-refractivity contribution in [2.75, 3.05) is 19.6 Å². The maximum absolute atomic E-state index is 13.0. The summed E-state index contributed by atoms with van der Waals surface area (Å²) in [5, 5.41) is 0. The van der Waals surface area contributed by atoms with Gasteiger partial charge in [-0.15, -0.1) is 0 Å². The van der Waals surface area contributed by atoms with Crippen LogP contribution in [-0.2, 0) is 0 Å². The lowest BCUT2D eigenvalue weighted by molar-refractivity contribution is 0.0999. The molecule has 0 N–H and O–H groups in total. The van der Waals surface area contributed by atoms with Gasteiger partial charge < -0.3 is 4.90 Å². The molecule has 0 amide bonds. The third-order valence-electron chi connectivity index (χ3n) is 4.71. The smallest absolute Gasteiger partial charge is 0.100 e. The molecule has 2 rings (SSSR count). The lowest BCUT2D eigenvalue weighted by atomic mass is 9.85. The van der Waals surface area contributed by atoms with E-state index in [1.807, 2.05) is 0 Å². The third kappa shape index (κ3) is 3.19. The monoisotopic (exact) mass is 227 g/mol. The highest BCUT2D eigenvalue weighted by Crippen LogP contribution is 2.29. The first-order chi connectivity index (χ1) is 7.65. The van der Waals surface area contributed by atoms with E-state index in [1.54, 1.807) is 0 Å². The summed E-state index contributed by atoms with van der Waals surface area (Å²) in [5.74, 6) is 2.50. The second-order valence-electron chi connectivity index (χ2n) is 6.12. The van der Waals surface area contributed by atoms with Crippen molar-refractivity contribution in [1.82, 2.24) is 4.90 Å². The molecule has 0 aromatic carbocycles. The molecule has 2 atom stereocenters. The summed E-state index contributed by atoms with van der Waals surface area (Å²) in [6, 6.07) is 0. The molecule has 94 valence electrons. The minimum atomic E-state index is -0.503. The molecule has 1 nitrogen and oxygen atoms in total. The minimum absolute atomic E-state index is 0.503. The van der Waals surface area contributed by atoms with Crippen molar-refractivity contribution in [2.24, 2.45) is 17.8 Å². The summed E-state index contributed by atoms with van der Waals surface area (Å²) in [6.45, 7) is 8.49. The van der Waals surface area contributed by atoms with Crippen molar-refractivity contribution >= 4 is 0 Å². The van der Waals surface area contributed by atoms with Crippen LogP contribution in [0.1, 0.15) is 46.0 Å². The summed E-state index contributed by atoms with van der Waals surface area (Å²) in [4.78, 5) is 2.62. The van der Waals surface area contributed by atoms with E-state index in [-0.39, 0.29) is 0 Å². The van der Waals surface area contributed by atoms with Crippen molar-refractivity contribution in [3.05, 3.63) is 0 Å². The Hall–Kier alpha value is -0.110. The lowest BCUT2D eigenvalue weighted by Gasteiger charge is -2.38. The highest BCUT2D eigenvalue weighted by molar-refractivity contribution is 4.79. The van der Waals surface area contributed by atoms with Gasteiger partial charge in [-0.2, -0.15) is 0 Å². The molecule has 16 heavy (non-hydrogen) atoms. The fraction of sp³-hybridized carbons (Fsp3) is 1.00. The number of hydrogen-bond donors (Lipinski definition) is 0. The van der Waals surface area contributed by atoms with E-state index in [9.17, 15) is 4.39 Å². The number of halogens is 1. The quantitative estimate of drug-likeness (QED) is 0.698. The Morgan fingerprint density at radius 2 is 1.69 bits per heavy atom. The number of alkyl halides is 1. The number of hydrogen-bond acceptors (Lipinski definition) is 1. The van der Waals surface area contributed by atoms with Gasteiger partial charge in [-0.1, -0.05) is 13.8 Å². The van der Waals surface area contributed by atoms with E-state index in [0.29, 0.717) is 0 Å². The fourth-order valence-electron chi connectivity index (χ4n) is 3.18.